The molecule has 1 aliphatic rings. The summed E-state index contributed by atoms with van der Waals surface area (Å²) < 4.78 is 6.27. The molecule has 3 aromatic rings. The van der Waals surface area contributed by atoms with Crippen molar-refractivity contribution in [2.24, 2.45) is 5.92 Å². The third-order valence-electron chi connectivity index (χ3n) is 5.62. The van der Waals surface area contributed by atoms with Crippen LogP contribution in [0.25, 0.3) is 10.2 Å². The number of hydrogen-bond donors (Lipinski definition) is 1. The molecule has 1 N–H and O–H groups in total. The summed E-state index contributed by atoms with van der Waals surface area (Å²) in [6.45, 7) is 5.85. The quantitative estimate of drug-likeness (QED) is 0.619. The van der Waals surface area contributed by atoms with Crippen molar-refractivity contribution < 1.29 is 14.3 Å². The summed E-state index contributed by atoms with van der Waals surface area (Å²) in [5.74, 6) is -0.277. The van der Waals surface area contributed by atoms with Crippen molar-refractivity contribution in [1.29, 1.82) is 0 Å². The smallest absolute Gasteiger partial charge is 0.341 e. The Balaban J connectivity index is 1.63. The fourth-order valence-electron chi connectivity index (χ4n) is 3.86. The number of aryl methyl sites for hydroxylation is 2. The van der Waals surface area contributed by atoms with E-state index in [2.05, 4.69) is 17.2 Å². The van der Waals surface area contributed by atoms with Gasteiger partial charge in [0.1, 0.15) is 16.4 Å². The third kappa shape index (κ3) is 3.56. The molecule has 9 heteroatoms. The van der Waals surface area contributed by atoms with E-state index in [9.17, 15) is 14.4 Å². The van der Waals surface area contributed by atoms with Crippen LogP contribution >= 0.6 is 22.7 Å². The summed E-state index contributed by atoms with van der Waals surface area (Å²) in [4.78, 5) is 45.2. The van der Waals surface area contributed by atoms with E-state index in [4.69, 9.17) is 4.74 Å². The zero-order chi connectivity index (χ0) is 21.6. The first-order valence-corrected chi connectivity index (χ1v) is 11.4. The van der Waals surface area contributed by atoms with Crippen molar-refractivity contribution in [1.82, 2.24) is 9.55 Å². The Bertz CT molecular complexity index is 1220. The number of hydrogen-bond acceptors (Lipinski definition) is 7. The van der Waals surface area contributed by atoms with Gasteiger partial charge in [-0.05, 0) is 50.2 Å². The van der Waals surface area contributed by atoms with Gasteiger partial charge in [-0.15, -0.1) is 22.7 Å². The van der Waals surface area contributed by atoms with Gasteiger partial charge in [0.05, 0.1) is 24.4 Å². The predicted molar refractivity (Wildman–Crippen MR) is 119 cm³/mol. The zero-order valence-electron chi connectivity index (χ0n) is 17.3. The first kappa shape index (κ1) is 20.7. The number of anilines is 1. The number of methoxy groups -OCH3 is 1. The van der Waals surface area contributed by atoms with Crippen LogP contribution in [0.4, 0.5) is 5.00 Å². The van der Waals surface area contributed by atoms with E-state index in [0.29, 0.717) is 26.7 Å². The second-order valence-electron chi connectivity index (χ2n) is 7.74. The summed E-state index contributed by atoms with van der Waals surface area (Å²) in [5.41, 5.74) is 2.09. The maximum atomic E-state index is 12.8. The number of aromatic nitrogens is 2. The van der Waals surface area contributed by atoms with Gasteiger partial charge in [-0.1, -0.05) is 6.92 Å². The van der Waals surface area contributed by atoms with Crippen LogP contribution in [0.2, 0.25) is 0 Å². The van der Waals surface area contributed by atoms with Gasteiger partial charge in [0.2, 0.25) is 5.91 Å². The van der Waals surface area contributed by atoms with Gasteiger partial charge < -0.3 is 10.1 Å². The number of fused-ring (bicyclic) bond motifs is 2. The molecule has 3 heterocycles. The first-order valence-electron chi connectivity index (χ1n) is 9.78. The maximum absolute atomic E-state index is 12.8. The minimum atomic E-state index is -0.443. The van der Waals surface area contributed by atoms with Crippen LogP contribution < -0.4 is 10.9 Å². The topological polar surface area (TPSA) is 90.3 Å². The summed E-state index contributed by atoms with van der Waals surface area (Å²) in [7, 11) is 1.34. The lowest BCUT2D eigenvalue weighted by Crippen LogP contribution is -2.28. The van der Waals surface area contributed by atoms with E-state index >= 15 is 0 Å². The lowest BCUT2D eigenvalue weighted by atomic mass is 9.88. The van der Waals surface area contributed by atoms with Gasteiger partial charge in [0.15, 0.2) is 0 Å². The number of rotatable bonds is 4. The molecule has 0 bridgehead atoms. The van der Waals surface area contributed by atoms with E-state index in [0.717, 1.165) is 40.1 Å². The largest absolute Gasteiger partial charge is 0.465 e. The molecule has 0 spiro atoms. The molecular weight excluding hydrogens is 422 g/mol. The van der Waals surface area contributed by atoms with Crippen molar-refractivity contribution in [3.63, 3.8) is 0 Å². The van der Waals surface area contributed by atoms with Crippen molar-refractivity contribution in [2.45, 2.75) is 46.6 Å². The molecule has 30 heavy (non-hydrogen) atoms. The van der Waals surface area contributed by atoms with E-state index < -0.39 is 5.97 Å². The third-order valence-corrected chi connectivity index (χ3v) is 7.91. The van der Waals surface area contributed by atoms with Gasteiger partial charge in [-0.3, -0.25) is 14.2 Å². The molecule has 0 saturated heterocycles. The number of nitrogens with zero attached hydrogens (tertiary/aromatic N) is 2. The Morgan fingerprint density at radius 1 is 1.33 bits per heavy atom. The van der Waals surface area contributed by atoms with E-state index in [1.807, 2.05) is 13.8 Å². The molecule has 1 unspecified atom stereocenters. The number of amides is 1. The van der Waals surface area contributed by atoms with E-state index in [1.54, 1.807) is 0 Å². The molecule has 3 aromatic heterocycles. The number of carbonyl (C=O) groups excluding carboxylic acids is 2. The van der Waals surface area contributed by atoms with Crippen LogP contribution in [0, 0.1) is 19.8 Å². The Kier molecular flexibility index (Phi) is 5.50. The minimum Gasteiger partial charge on any atom is -0.465 e. The fourth-order valence-corrected chi connectivity index (χ4v) is 6.26. The molecule has 0 aliphatic heterocycles. The SMILES string of the molecule is COC(=O)c1c(NC(=O)Cn2cnc3sc(C)c(C)c3c2=O)sc2c1CCC(C)C2. The average molecular weight is 446 g/mol. The number of carbonyl (C=O) groups is 2. The summed E-state index contributed by atoms with van der Waals surface area (Å²) in [5, 5.41) is 3.89. The molecule has 1 amide bonds. The molecule has 1 atom stereocenters. The number of thiophene rings is 2. The second-order valence-corrected chi connectivity index (χ2v) is 10.0. The average Bonchev–Trinajstić information content (AvgIpc) is 3.20. The predicted octanol–water partition coefficient (Wildman–Crippen LogP) is 3.69. The molecule has 158 valence electrons. The molecule has 0 aromatic carbocycles. The Morgan fingerprint density at radius 2 is 2.10 bits per heavy atom. The Hall–Kier alpha value is -2.52. The number of ether oxygens (including phenoxy) is 1. The number of esters is 1. The van der Waals surface area contributed by atoms with Crippen molar-refractivity contribution in [2.75, 3.05) is 12.4 Å². The number of nitrogens with one attached hydrogen (secondary N) is 1. The molecule has 0 saturated carbocycles. The normalized spacial score (nSPS) is 15.8. The van der Waals surface area contributed by atoms with Crippen LogP contribution in [-0.4, -0.2) is 28.5 Å². The van der Waals surface area contributed by atoms with Crippen LogP contribution in [0.3, 0.4) is 0 Å². The maximum Gasteiger partial charge on any atom is 0.341 e. The Morgan fingerprint density at radius 3 is 2.83 bits per heavy atom. The highest BCUT2D eigenvalue weighted by Crippen LogP contribution is 2.40. The monoisotopic (exact) mass is 445 g/mol. The van der Waals surface area contributed by atoms with E-state index in [-0.39, 0.29) is 18.0 Å². The van der Waals surface area contributed by atoms with Crippen molar-refractivity contribution in [3.05, 3.63) is 43.1 Å². The highest BCUT2D eigenvalue weighted by atomic mass is 32.1. The zero-order valence-corrected chi connectivity index (χ0v) is 19.0. The summed E-state index contributed by atoms with van der Waals surface area (Å²) >= 11 is 2.90. The minimum absolute atomic E-state index is 0.171. The molecule has 7 nitrogen and oxygen atoms in total. The van der Waals surface area contributed by atoms with Gasteiger partial charge in [0, 0.05) is 9.75 Å². The van der Waals surface area contributed by atoms with Crippen LogP contribution in [0.5, 0.6) is 0 Å². The van der Waals surface area contributed by atoms with Gasteiger partial charge in [-0.2, -0.15) is 0 Å². The molecule has 0 radical (unpaired) electrons. The molecule has 0 fully saturated rings. The molecular formula is C21H23N3O4S2. The highest BCUT2D eigenvalue weighted by molar-refractivity contribution is 7.18. The van der Waals surface area contributed by atoms with Crippen LogP contribution in [0.1, 0.15) is 44.6 Å². The second kappa shape index (κ2) is 7.96. The molecule has 1 aliphatic carbocycles. The fraction of sp³-hybridized carbons (Fsp3) is 0.429. The van der Waals surface area contributed by atoms with Gasteiger partial charge in [0.25, 0.3) is 5.56 Å². The van der Waals surface area contributed by atoms with Gasteiger partial charge in [-0.25, -0.2) is 9.78 Å². The van der Waals surface area contributed by atoms with Crippen LogP contribution in [-0.2, 0) is 28.9 Å². The van der Waals surface area contributed by atoms with E-state index in [1.165, 1.54) is 40.7 Å². The first-order chi connectivity index (χ1) is 14.3. The van der Waals surface area contributed by atoms with Crippen molar-refractivity contribution in [3.8, 4) is 0 Å². The molecule has 4 rings (SSSR count). The summed E-state index contributed by atoms with van der Waals surface area (Å²) in [6.07, 6.45) is 4.09. The van der Waals surface area contributed by atoms with Crippen molar-refractivity contribution >= 4 is 49.8 Å². The summed E-state index contributed by atoms with van der Waals surface area (Å²) in [6, 6.07) is 0. The standard InChI is InChI=1S/C21H23N3O4S2/c1-10-5-6-13-14(7-10)30-19(17(13)21(27)28-4)23-15(25)8-24-9-22-18-16(20(24)26)11(2)12(3)29-18/h9-10H,5-8H2,1-4H3,(H,23,25). The highest BCUT2D eigenvalue weighted by Gasteiger charge is 2.29. The lowest BCUT2D eigenvalue weighted by Gasteiger charge is -2.18. The van der Waals surface area contributed by atoms with Crippen LogP contribution in [0.15, 0.2) is 11.1 Å². The lowest BCUT2D eigenvalue weighted by molar-refractivity contribution is -0.116. The Labute approximate surface area is 181 Å². The van der Waals surface area contributed by atoms with Gasteiger partial charge >= 0.3 is 5.97 Å².